The summed E-state index contributed by atoms with van der Waals surface area (Å²) in [6, 6.07) is 16.2. The number of aliphatic hydroxyl groups is 2. The van der Waals surface area contributed by atoms with Gasteiger partial charge in [-0.25, -0.2) is 0 Å². The summed E-state index contributed by atoms with van der Waals surface area (Å²) in [5.41, 5.74) is -1.82. The molecule has 0 aromatic heterocycles. The lowest BCUT2D eigenvalue weighted by atomic mass is 9.81. The topological polar surface area (TPSA) is 74.6 Å². The molecule has 0 heterocycles. The van der Waals surface area contributed by atoms with Gasteiger partial charge in [-0.3, -0.25) is 9.59 Å². The first-order chi connectivity index (χ1) is 10.4. The largest absolute Gasteiger partial charge is 0.393 e. The van der Waals surface area contributed by atoms with Gasteiger partial charge in [0.15, 0.2) is 5.60 Å². The minimum absolute atomic E-state index is 0.231. The van der Waals surface area contributed by atoms with Gasteiger partial charge in [0.2, 0.25) is 11.6 Å². The van der Waals surface area contributed by atoms with Crippen molar-refractivity contribution in [2.24, 2.45) is 0 Å². The number of Topliss-reactive ketones (excluding diaryl/α,β-unsaturated/α-hetero) is 2. The van der Waals surface area contributed by atoms with Crippen molar-refractivity contribution < 1.29 is 19.8 Å². The van der Waals surface area contributed by atoms with E-state index < -0.39 is 23.3 Å². The van der Waals surface area contributed by atoms with Gasteiger partial charge in [-0.1, -0.05) is 60.7 Å². The van der Waals surface area contributed by atoms with Crippen LogP contribution in [0.2, 0.25) is 0 Å². The summed E-state index contributed by atoms with van der Waals surface area (Å²) < 4.78 is 0. The van der Waals surface area contributed by atoms with E-state index in [2.05, 4.69) is 0 Å². The molecule has 0 fully saturated rings. The van der Waals surface area contributed by atoms with Crippen molar-refractivity contribution in [2.75, 3.05) is 0 Å². The van der Waals surface area contributed by atoms with Crippen molar-refractivity contribution in [1.29, 1.82) is 0 Å². The highest BCUT2D eigenvalue weighted by Crippen LogP contribution is 2.24. The summed E-state index contributed by atoms with van der Waals surface area (Å²) in [7, 11) is 0. The molecule has 114 valence electrons. The van der Waals surface area contributed by atoms with E-state index >= 15 is 0 Å². The molecular formula is C18H18O4. The molecule has 22 heavy (non-hydrogen) atoms. The van der Waals surface area contributed by atoms with Crippen molar-refractivity contribution in [3.8, 4) is 0 Å². The minimum Gasteiger partial charge on any atom is -0.393 e. The number of aliphatic hydroxyl groups excluding tert-OH is 1. The molecule has 0 spiro atoms. The summed E-state index contributed by atoms with van der Waals surface area (Å²) in [5.74, 6) is -1.41. The Balaban J connectivity index is 2.44. The van der Waals surface area contributed by atoms with Gasteiger partial charge >= 0.3 is 0 Å². The van der Waals surface area contributed by atoms with Crippen LogP contribution in [0.4, 0.5) is 0 Å². The van der Waals surface area contributed by atoms with Crippen LogP contribution in [0.5, 0.6) is 0 Å². The van der Waals surface area contributed by atoms with E-state index in [1.807, 2.05) is 0 Å². The first-order valence-electron chi connectivity index (χ1n) is 7.05. The van der Waals surface area contributed by atoms with Crippen molar-refractivity contribution in [3.05, 3.63) is 71.8 Å². The highest BCUT2D eigenvalue weighted by Gasteiger charge is 2.45. The molecule has 2 rings (SSSR count). The number of hydrogen-bond donors (Lipinski definition) is 2. The molecule has 0 saturated carbocycles. The van der Waals surface area contributed by atoms with Gasteiger partial charge in [0.05, 0.1) is 6.10 Å². The van der Waals surface area contributed by atoms with Gasteiger partial charge in [0.1, 0.15) is 0 Å². The molecule has 0 saturated heterocycles. The highest BCUT2D eigenvalue weighted by atomic mass is 16.3. The van der Waals surface area contributed by atoms with E-state index in [0.717, 1.165) is 0 Å². The second-order valence-electron chi connectivity index (χ2n) is 5.30. The van der Waals surface area contributed by atoms with Crippen molar-refractivity contribution in [3.63, 3.8) is 0 Å². The number of carbonyl (C=O) groups is 2. The van der Waals surface area contributed by atoms with E-state index in [-0.39, 0.29) is 17.5 Å². The van der Waals surface area contributed by atoms with Gasteiger partial charge in [-0.05, 0) is 6.92 Å². The second kappa shape index (κ2) is 6.64. The monoisotopic (exact) mass is 298 g/mol. The second-order valence-corrected chi connectivity index (χ2v) is 5.30. The third-order valence-corrected chi connectivity index (χ3v) is 3.41. The lowest BCUT2D eigenvalue weighted by molar-refractivity contribution is 0.00924. The van der Waals surface area contributed by atoms with Crippen LogP contribution >= 0.6 is 0 Å². The molecule has 2 aromatic rings. The van der Waals surface area contributed by atoms with Crippen LogP contribution in [0.1, 0.15) is 34.1 Å². The van der Waals surface area contributed by atoms with Crippen LogP contribution < -0.4 is 0 Å². The zero-order chi connectivity index (χ0) is 16.2. The Morgan fingerprint density at radius 1 is 0.909 bits per heavy atom. The molecule has 4 heteroatoms. The van der Waals surface area contributed by atoms with Gasteiger partial charge in [-0.2, -0.15) is 0 Å². The van der Waals surface area contributed by atoms with Crippen molar-refractivity contribution in [1.82, 2.24) is 0 Å². The molecule has 0 unspecified atom stereocenters. The fourth-order valence-corrected chi connectivity index (χ4v) is 2.37. The molecule has 0 radical (unpaired) electrons. The minimum atomic E-state index is -2.28. The normalized spacial score (nSPS) is 12.7. The SMILES string of the molecule is C[C@@H](O)CC(O)(C(=O)c1ccccc1)C(=O)c1ccccc1. The average Bonchev–Trinajstić information content (AvgIpc) is 2.54. The number of ketones is 2. The maximum atomic E-state index is 12.6. The smallest absolute Gasteiger partial charge is 0.202 e. The summed E-state index contributed by atoms with van der Waals surface area (Å²) in [5, 5.41) is 20.4. The molecule has 1 atom stereocenters. The fraction of sp³-hybridized carbons (Fsp3) is 0.222. The molecular weight excluding hydrogens is 280 g/mol. The Hall–Kier alpha value is -2.30. The van der Waals surface area contributed by atoms with E-state index in [1.54, 1.807) is 36.4 Å². The maximum Gasteiger partial charge on any atom is 0.202 e. The molecule has 0 bridgehead atoms. The molecule has 0 aliphatic carbocycles. The number of rotatable bonds is 6. The zero-order valence-electron chi connectivity index (χ0n) is 12.3. The third kappa shape index (κ3) is 3.30. The quantitative estimate of drug-likeness (QED) is 0.633. The van der Waals surface area contributed by atoms with Gasteiger partial charge < -0.3 is 10.2 Å². The summed E-state index contributed by atoms with van der Waals surface area (Å²) >= 11 is 0. The lowest BCUT2D eigenvalue weighted by Crippen LogP contribution is -2.48. The Morgan fingerprint density at radius 3 is 1.59 bits per heavy atom. The summed E-state index contributed by atoms with van der Waals surface area (Å²) in [4.78, 5) is 25.3. The molecule has 0 amide bonds. The molecule has 2 aromatic carbocycles. The van der Waals surface area contributed by atoms with Gasteiger partial charge in [0, 0.05) is 17.5 Å². The van der Waals surface area contributed by atoms with E-state index in [9.17, 15) is 19.8 Å². The van der Waals surface area contributed by atoms with Crippen LogP contribution in [0, 0.1) is 0 Å². The first-order valence-corrected chi connectivity index (χ1v) is 7.05. The van der Waals surface area contributed by atoms with Gasteiger partial charge in [0.25, 0.3) is 0 Å². The standard InChI is InChI=1S/C18H18O4/c1-13(19)12-18(22,16(20)14-8-4-2-5-9-14)17(21)15-10-6-3-7-11-15/h2-11,13,19,22H,12H2,1H3/t13-/m1/s1. The number of hydrogen-bond acceptors (Lipinski definition) is 4. The Labute approximate surface area is 129 Å². The highest BCUT2D eigenvalue weighted by molar-refractivity contribution is 6.22. The summed E-state index contributed by atoms with van der Waals surface area (Å²) in [6.07, 6.45) is -1.35. The first kappa shape index (κ1) is 16.1. The van der Waals surface area contributed by atoms with Crippen molar-refractivity contribution >= 4 is 11.6 Å². The number of carbonyl (C=O) groups excluding carboxylic acids is 2. The fourth-order valence-electron chi connectivity index (χ4n) is 2.37. The van der Waals surface area contributed by atoms with Crippen LogP contribution in [-0.4, -0.2) is 33.5 Å². The maximum absolute atomic E-state index is 12.6. The van der Waals surface area contributed by atoms with Crippen LogP contribution in [0.15, 0.2) is 60.7 Å². The zero-order valence-corrected chi connectivity index (χ0v) is 12.3. The van der Waals surface area contributed by atoms with Crippen LogP contribution in [0.3, 0.4) is 0 Å². The van der Waals surface area contributed by atoms with Crippen molar-refractivity contribution in [2.45, 2.75) is 25.0 Å². The molecule has 0 aliphatic heterocycles. The van der Waals surface area contributed by atoms with E-state index in [4.69, 9.17) is 0 Å². The predicted molar refractivity (Wildman–Crippen MR) is 82.8 cm³/mol. The predicted octanol–water partition coefficient (Wildman–Crippen LogP) is 2.25. The van der Waals surface area contributed by atoms with Crippen LogP contribution in [0.25, 0.3) is 0 Å². The lowest BCUT2D eigenvalue weighted by Gasteiger charge is -2.26. The number of benzene rings is 2. The Morgan fingerprint density at radius 2 is 1.27 bits per heavy atom. The summed E-state index contributed by atoms with van der Waals surface area (Å²) in [6.45, 7) is 1.43. The van der Waals surface area contributed by atoms with Crippen LogP contribution in [-0.2, 0) is 0 Å². The molecule has 2 N–H and O–H groups in total. The molecule has 4 nitrogen and oxygen atoms in total. The van der Waals surface area contributed by atoms with E-state index in [1.165, 1.54) is 31.2 Å². The average molecular weight is 298 g/mol. The Bertz CT molecular complexity index is 596. The van der Waals surface area contributed by atoms with Gasteiger partial charge in [-0.15, -0.1) is 0 Å². The third-order valence-electron chi connectivity index (χ3n) is 3.41. The Kier molecular flexibility index (Phi) is 4.85. The van der Waals surface area contributed by atoms with E-state index in [0.29, 0.717) is 0 Å². The molecule has 0 aliphatic rings.